The van der Waals surface area contributed by atoms with Crippen LogP contribution in [0, 0.1) is 0 Å². The summed E-state index contributed by atoms with van der Waals surface area (Å²) in [4.78, 5) is 0. The fourth-order valence-electron chi connectivity index (χ4n) is 5.75. The van der Waals surface area contributed by atoms with Crippen molar-refractivity contribution in [2.45, 2.75) is 32.7 Å². The summed E-state index contributed by atoms with van der Waals surface area (Å²) in [5, 5.41) is 5.70. The van der Waals surface area contributed by atoms with Gasteiger partial charge in [0, 0.05) is 0 Å². The molecule has 5 aromatic carbocycles. The van der Waals surface area contributed by atoms with Crippen LogP contribution in [-0.2, 0) is 12.3 Å². The van der Waals surface area contributed by atoms with Crippen molar-refractivity contribution >= 4 is 59.7 Å². The summed E-state index contributed by atoms with van der Waals surface area (Å²) in [7, 11) is -11.3. The lowest BCUT2D eigenvalue weighted by Gasteiger charge is -2.46. The zero-order valence-corrected chi connectivity index (χ0v) is 29.2. The SMILES string of the molecule is C[Si](C)(C)O[Si](C)(C)O[Si](O[Si](c1ccccc1)(c1ccccc1)c1ccccc1)(c1ccccc1)c1ccccc1. The topological polar surface area (TPSA) is 27.7 Å². The van der Waals surface area contributed by atoms with Gasteiger partial charge in [0.05, 0.1) is 0 Å². The average Bonchev–Trinajstić information content (AvgIpc) is 3.00. The molecule has 5 aromatic rings. The first-order valence-corrected chi connectivity index (χ1v) is 24.5. The second-order valence-corrected chi connectivity index (χ2v) is 26.9. The van der Waals surface area contributed by atoms with E-state index in [0.717, 1.165) is 10.4 Å². The van der Waals surface area contributed by atoms with Crippen molar-refractivity contribution in [3.8, 4) is 0 Å². The van der Waals surface area contributed by atoms with Crippen LogP contribution in [0.25, 0.3) is 0 Å². The van der Waals surface area contributed by atoms with E-state index < -0.39 is 33.8 Å². The molecule has 5 rings (SSSR count). The molecule has 0 aromatic heterocycles. The molecular weight excluding hydrogens is 581 g/mol. The summed E-state index contributed by atoms with van der Waals surface area (Å²) in [6.07, 6.45) is 0. The highest BCUT2D eigenvalue weighted by Crippen LogP contribution is 2.25. The summed E-state index contributed by atoms with van der Waals surface area (Å²) in [6, 6.07) is 53.5. The first-order valence-electron chi connectivity index (χ1n) is 14.5. The van der Waals surface area contributed by atoms with E-state index in [-0.39, 0.29) is 0 Å². The minimum absolute atomic E-state index is 1.08. The van der Waals surface area contributed by atoms with Gasteiger partial charge < -0.3 is 12.3 Å². The van der Waals surface area contributed by atoms with Gasteiger partial charge in [-0.2, -0.15) is 0 Å². The molecule has 0 saturated carbocycles. The summed E-state index contributed by atoms with van der Waals surface area (Å²) < 4.78 is 22.6. The van der Waals surface area contributed by atoms with E-state index in [0.29, 0.717) is 0 Å². The van der Waals surface area contributed by atoms with E-state index >= 15 is 0 Å². The highest BCUT2D eigenvalue weighted by molar-refractivity contribution is 7.14. The van der Waals surface area contributed by atoms with Crippen molar-refractivity contribution in [2.24, 2.45) is 0 Å². The van der Waals surface area contributed by atoms with Gasteiger partial charge in [0.15, 0.2) is 8.32 Å². The fourth-order valence-corrected chi connectivity index (χ4v) is 25.1. The maximum absolute atomic E-state index is 8.13. The minimum Gasteiger partial charge on any atom is -0.437 e. The van der Waals surface area contributed by atoms with Crippen LogP contribution in [0.5, 0.6) is 0 Å². The molecule has 214 valence electrons. The average molecular weight is 621 g/mol. The van der Waals surface area contributed by atoms with Crippen LogP contribution in [0.2, 0.25) is 32.7 Å². The summed E-state index contributed by atoms with van der Waals surface area (Å²) in [6.45, 7) is 11.1. The number of benzene rings is 5. The van der Waals surface area contributed by atoms with Gasteiger partial charge >= 0.3 is 17.1 Å². The minimum atomic E-state index is -3.45. The zero-order chi connectivity index (χ0) is 29.7. The number of rotatable bonds is 11. The van der Waals surface area contributed by atoms with Crippen molar-refractivity contribution in [1.82, 2.24) is 0 Å². The predicted octanol–water partition coefficient (Wildman–Crippen LogP) is 5.50. The smallest absolute Gasteiger partial charge is 0.388 e. The third-order valence-corrected chi connectivity index (χ3v) is 22.6. The van der Waals surface area contributed by atoms with E-state index in [2.05, 4.69) is 184 Å². The predicted molar refractivity (Wildman–Crippen MR) is 186 cm³/mol. The molecule has 0 fully saturated rings. The number of hydrogen-bond acceptors (Lipinski definition) is 3. The maximum Gasteiger partial charge on any atom is 0.388 e. The van der Waals surface area contributed by atoms with Crippen LogP contribution in [0.15, 0.2) is 152 Å². The Morgan fingerprint density at radius 2 is 0.619 bits per heavy atom. The molecule has 0 atom stereocenters. The van der Waals surface area contributed by atoms with Gasteiger partial charge in [0.25, 0.3) is 8.32 Å². The third kappa shape index (κ3) is 6.58. The Bertz CT molecular complexity index is 1410. The van der Waals surface area contributed by atoms with Gasteiger partial charge in [-0.1, -0.05) is 152 Å². The lowest BCUT2D eigenvalue weighted by molar-refractivity contribution is 0.346. The molecule has 0 saturated heterocycles. The molecule has 0 bridgehead atoms. The van der Waals surface area contributed by atoms with Crippen LogP contribution in [0.1, 0.15) is 0 Å². The second-order valence-electron chi connectivity index (χ2n) is 11.9. The Labute approximate surface area is 255 Å². The van der Waals surface area contributed by atoms with Crippen molar-refractivity contribution < 1.29 is 12.3 Å². The molecule has 0 N–H and O–H groups in total. The maximum atomic E-state index is 8.13. The van der Waals surface area contributed by atoms with Gasteiger partial charge in [-0.15, -0.1) is 0 Å². The van der Waals surface area contributed by atoms with Gasteiger partial charge in [0.2, 0.25) is 0 Å². The van der Waals surface area contributed by atoms with Crippen LogP contribution >= 0.6 is 0 Å². The monoisotopic (exact) mass is 620 g/mol. The Balaban J connectivity index is 1.88. The van der Waals surface area contributed by atoms with Crippen molar-refractivity contribution in [3.63, 3.8) is 0 Å². The van der Waals surface area contributed by atoms with Crippen LogP contribution in [0.3, 0.4) is 0 Å². The molecule has 0 spiro atoms. The van der Waals surface area contributed by atoms with E-state index in [4.69, 9.17) is 12.3 Å². The second kappa shape index (κ2) is 12.6. The lowest BCUT2D eigenvalue weighted by atomic mass is 10.3. The Morgan fingerprint density at radius 3 is 0.905 bits per heavy atom. The molecule has 0 aliphatic heterocycles. The van der Waals surface area contributed by atoms with Crippen molar-refractivity contribution in [2.75, 3.05) is 0 Å². The molecule has 7 heteroatoms. The van der Waals surface area contributed by atoms with Crippen LogP contribution < -0.4 is 25.9 Å². The first-order chi connectivity index (χ1) is 20.1. The molecule has 0 aliphatic carbocycles. The summed E-state index contributed by atoms with van der Waals surface area (Å²) in [5.74, 6) is 0. The third-order valence-electron chi connectivity index (χ3n) is 7.09. The Hall–Kier alpha value is -3.15. The van der Waals surface area contributed by atoms with Gasteiger partial charge in [-0.25, -0.2) is 0 Å². The van der Waals surface area contributed by atoms with Gasteiger partial charge in [0.1, 0.15) is 0 Å². The Kier molecular flexibility index (Phi) is 9.10. The molecular formula is C35H40O3Si4. The molecule has 0 amide bonds. The molecule has 0 unspecified atom stereocenters. The fraction of sp³-hybridized carbons (Fsp3) is 0.143. The van der Waals surface area contributed by atoms with Crippen molar-refractivity contribution in [1.29, 1.82) is 0 Å². The molecule has 0 radical (unpaired) electrons. The van der Waals surface area contributed by atoms with Crippen LogP contribution in [0.4, 0.5) is 0 Å². The standard InChI is InChI=1S/C35H40O3Si4/c1-39(2,3)36-40(4,5)37-42(34-27-17-9-18-28-34,35-29-19-10-20-30-35)38-41(31-21-11-6-12-22-31,32-23-13-7-14-24-32)33-25-15-8-16-26-33/h6-30H,1-5H3. The first kappa shape index (κ1) is 30.3. The highest BCUT2D eigenvalue weighted by Gasteiger charge is 2.56. The van der Waals surface area contributed by atoms with Gasteiger partial charge in [-0.3, -0.25) is 0 Å². The zero-order valence-electron chi connectivity index (χ0n) is 25.2. The lowest BCUT2D eigenvalue weighted by Crippen LogP contribution is -2.80. The van der Waals surface area contributed by atoms with E-state index in [1.165, 1.54) is 15.6 Å². The molecule has 3 nitrogen and oxygen atoms in total. The normalized spacial score (nSPS) is 12.7. The van der Waals surface area contributed by atoms with E-state index in [1.807, 2.05) is 0 Å². The Morgan fingerprint density at radius 1 is 0.333 bits per heavy atom. The molecule has 0 aliphatic rings. The van der Waals surface area contributed by atoms with E-state index in [1.54, 1.807) is 0 Å². The largest absolute Gasteiger partial charge is 0.437 e. The summed E-state index contributed by atoms with van der Waals surface area (Å²) in [5.41, 5.74) is 0. The summed E-state index contributed by atoms with van der Waals surface area (Å²) >= 11 is 0. The van der Waals surface area contributed by atoms with Crippen LogP contribution in [-0.4, -0.2) is 33.8 Å². The molecule has 0 heterocycles. The quantitative estimate of drug-likeness (QED) is 0.144. The highest BCUT2D eigenvalue weighted by atomic mass is 28.5. The van der Waals surface area contributed by atoms with Crippen molar-refractivity contribution in [3.05, 3.63) is 152 Å². The molecule has 42 heavy (non-hydrogen) atoms. The van der Waals surface area contributed by atoms with Gasteiger partial charge in [-0.05, 0) is 58.7 Å². The number of hydrogen-bond donors (Lipinski definition) is 0. The van der Waals surface area contributed by atoms with E-state index in [9.17, 15) is 0 Å².